The van der Waals surface area contributed by atoms with Gasteiger partial charge in [0.05, 0.1) is 33.9 Å². The third kappa shape index (κ3) is 4.70. The third-order valence-electron chi connectivity index (χ3n) is 5.40. The van der Waals surface area contributed by atoms with Crippen molar-refractivity contribution in [2.75, 3.05) is 13.2 Å². The molecule has 2 aromatic heterocycles. The van der Waals surface area contributed by atoms with Gasteiger partial charge >= 0.3 is 0 Å². The minimum absolute atomic E-state index is 0.285. The molecule has 36 heavy (non-hydrogen) atoms. The fraction of sp³-hybridized carbons (Fsp3) is 0.148. The largest absolute Gasteiger partial charge is 0.490 e. The molecule has 5 aromatic rings. The van der Waals surface area contributed by atoms with Gasteiger partial charge in [-0.3, -0.25) is 4.79 Å². The lowest BCUT2D eigenvalue weighted by atomic mass is 10.2. The lowest BCUT2D eigenvalue weighted by Crippen LogP contribution is -2.20. The highest BCUT2D eigenvalue weighted by atomic mass is 127. The number of rotatable bonds is 7. The van der Waals surface area contributed by atoms with Crippen LogP contribution < -0.4 is 15.0 Å². The molecule has 0 N–H and O–H groups in total. The van der Waals surface area contributed by atoms with Gasteiger partial charge in [-0.1, -0.05) is 23.7 Å². The minimum Gasteiger partial charge on any atom is -0.490 e. The number of ether oxygens (including phenoxy) is 2. The van der Waals surface area contributed by atoms with Crippen LogP contribution in [0.1, 0.15) is 19.4 Å². The van der Waals surface area contributed by atoms with E-state index < -0.39 is 0 Å². The molecule has 0 atom stereocenters. The normalized spacial score (nSPS) is 11.6. The highest BCUT2D eigenvalue weighted by Gasteiger charge is 2.17. The first-order chi connectivity index (χ1) is 17.5. The SMILES string of the molecule is CCOc1cc(C=Nn2c(-c3cc4cc(Cl)ccc4o3)nc3ccccc3c2=O)cc(I)c1OCC. The topological polar surface area (TPSA) is 78.9 Å². The molecule has 0 amide bonds. The molecule has 2 heterocycles. The van der Waals surface area contributed by atoms with E-state index in [2.05, 4.69) is 27.7 Å². The Balaban J connectivity index is 1.67. The van der Waals surface area contributed by atoms with Crippen molar-refractivity contribution in [3.63, 3.8) is 0 Å². The average molecular weight is 614 g/mol. The summed E-state index contributed by atoms with van der Waals surface area (Å²) in [5.74, 6) is 1.99. The summed E-state index contributed by atoms with van der Waals surface area (Å²) in [6, 6.07) is 18.0. The van der Waals surface area contributed by atoms with Gasteiger partial charge < -0.3 is 13.9 Å². The number of hydrogen-bond acceptors (Lipinski definition) is 6. The van der Waals surface area contributed by atoms with Crippen LogP contribution >= 0.6 is 34.2 Å². The Morgan fingerprint density at radius 2 is 1.89 bits per heavy atom. The number of furan rings is 1. The van der Waals surface area contributed by atoms with Crippen LogP contribution in [0.15, 0.2) is 75.0 Å². The summed E-state index contributed by atoms with van der Waals surface area (Å²) in [6.45, 7) is 4.85. The smallest absolute Gasteiger partial charge is 0.282 e. The van der Waals surface area contributed by atoms with E-state index in [1.165, 1.54) is 4.68 Å². The molecule has 0 saturated carbocycles. The Kier molecular flexibility index (Phi) is 6.97. The lowest BCUT2D eigenvalue weighted by molar-refractivity contribution is 0.286. The molecule has 0 aliphatic carbocycles. The Bertz CT molecular complexity index is 1680. The zero-order chi connectivity index (χ0) is 25.2. The molecule has 0 saturated heterocycles. The van der Waals surface area contributed by atoms with Gasteiger partial charge in [0, 0.05) is 10.4 Å². The van der Waals surface area contributed by atoms with Crippen molar-refractivity contribution >= 4 is 62.3 Å². The molecule has 182 valence electrons. The van der Waals surface area contributed by atoms with Gasteiger partial charge in [0.2, 0.25) is 5.82 Å². The molecule has 0 aliphatic heterocycles. The van der Waals surface area contributed by atoms with Crippen LogP contribution in [0, 0.1) is 3.57 Å². The van der Waals surface area contributed by atoms with Gasteiger partial charge in [-0.2, -0.15) is 9.78 Å². The summed E-state index contributed by atoms with van der Waals surface area (Å²) in [6.07, 6.45) is 1.60. The van der Waals surface area contributed by atoms with Crippen molar-refractivity contribution < 1.29 is 13.9 Å². The third-order valence-corrected chi connectivity index (χ3v) is 6.43. The van der Waals surface area contributed by atoms with Crippen molar-refractivity contribution in [1.29, 1.82) is 0 Å². The van der Waals surface area contributed by atoms with E-state index in [0.29, 0.717) is 52.0 Å². The van der Waals surface area contributed by atoms with Gasteiger partial charge in [-0.15, -0.1) is 0 Å². The predicted molar refractivity (Wildman–Crippen MR) is 151 cm³/mol. The van der Waals surface area contributed by atoms with Crippen LogP contribution in [0.3, 0.4) is 0 Å². The summed E-state index contributed by atoms with van der Waals surface area (Å²) >= 11 is 8.35. The van der Waals surface area contributed by atoms with E-state index in [0.717, 1.165) is 14.5 Å². The molecule has 0 radical (unpaired) electrons. The summed E-state index contributed by atoms with van der Waals surface area (Å²) in [4.78, 5) is 18.2. The second kappa shape index (κ2) is 10.3. The fourth-order valence-corrected chi connectivity index (χ4v) is 4.81. The fourth-order valence-electron chi connectivity index (χ4n) is 3.85. The van der Waals surface area contributed by atoms with E-state index in [9.17, 15) is 4.79 Å². The molecular formula is C27H21ClIN3O4. The van der Waals surface area contributed by atoms with Crippen LogP contribution in [0.25, 0.3) is 33.5 Å². The molecule has 0 spiro atoms. The Labute approximate surface area is 225 Å². The number of aromatic nitrogens is 2. The minimum atomic E-state index is -0.309. The van der Waals surface area contributed by atoms with E-state index in [1.807, 2.05) is 32.0 Å². The van der Waals surface area contributed by atoms with Crippen LogP contribution in [-0.4, -0.2) is 29.1 Å². The molecule has 0 aliphatic rings. The molecule has 7 nitrogen and oxygen atoms in total. The van der Waals surface area contributed by atoms with Crippen LogP contribution in [0.2, 0.25) is 5.02 Å². The van der Waals surface area contributed by atoms with E-state index >= 15 is 0 Å². The molecular weight excluding hydrogens is 593 g/mol. The van der Waals surface area contributed by atoms with Crippen molar-refractivity contribution in [3.05, 3.63) is 85.2 Å². The highest BCUT2D eigenvalue weighted by molar-refractivity contribution is 14.1. The summed E-state index contributed by atoms with van der Waals surface area (Å²) < 4.78 is 19.7. The number of benzene rings is 3. The van der Waals surface area contributed by atoms with Gasteiger partial charge in [0.25, 0.3) is 5.56 Å². The molecule has 0 bridgehead atoms. The average Bonchev–Trinajstić information content (AvgIpc) is 3.28. The molecule has 0 unspecified atom stereocenters. The Hall–Kier alpha value is -3.37. The van der Waals surface area contributed by atoms with E-state index in [-0.39, 0.29) is 11.4 Å². The molecule has 3 aromatic carbocycles. The number of hydrogen-bond donors (Lipinski definition) is 0. The second-order valence-electron chi connectivity index (χ2n) is 7.80. The zero-order valence-electron chi connectivity index (χ0n) is 19.5. The molecule has 9 heteroatoms. The van der Waals surface area contributed by atoms with E-state index in [1.54, 1.807) is 48.7 Å². The zero-order valence-corrected chi connectivity index (χ0v) is 22.4. The summed E-state index contributed by atoms with van der Waals surface area (Å²) in [5, 5.41) is 6.39. The number of para-hydroxylation sites is 1. The number of fused-ring (bicyclic) bond motifs is 2. The number of halogens is 2. The van der Waals surface area contributed by atoms with Gasteiger partial charge in [-0.05, 0) is 90.5 Å². The Morgan fingerprint density at radius 1 is 1.08 bits per heavy atom. The van der Waals surface area contributed by atoms with Crippen LogP contribution in [0.4, 0.5) is 0 Å². The Morgan fingerprint density at radius 3 is 2.69 bits per heavy atom. The van der Waals surface area contributed by atoms with Crippen LogP contribution in [-0.2, 0) is 0 Å². The summed E-state index contributed by atoms with van der Waals surface area (Å²) in [7, 11) is 0. The van der Waals surface area contributed by atoms with E-state index in [4.69, 9.17) is 30.5 Å². The predicted octanol–water partition coefficient (Wildman–Crippen LogP) is 6.75. The van der Waals surface area contributed by atoms with Gasteiger partial charge in [0.1, 0.15) is 5.58 Å². The monoisotopic (exact) mass is 613 g/mol. The maximum absolute atomic E-state index is 13.5. The molecule has 5 rings (SSSR count). The van der Waals surface area contributed by atoms with Crippen molar-refractivity contribution in [1.82, 2.24) is 9.66 Å². The van der Waals surface area contributed by atoms with Gasteiger partial charge in [0.15, 0.2) is 17.3 Å². The summed E-state index contributed by atoms with van der Waals surface area (Å²) in [5.41, 5.74) is 1.62. The maximum Gasteiger partial charge on any atom is 0.282 e. The second-order valence-corrected chi connectivity index (χ2v) is 9.40. The van der Waals surface area contributed by atoms with Crippen molar-refractivity contribution in [2.24, 2.45) is 5.10 Å². The standard InChI is InChI=1S/C27H21ClIN3O4/c1-3-34-23-12-16(11-20(29)25(23)35-4-2)15-30-32-26(31-21-8-6-5-7-19(21)27(32)33)24-14-17-13-18(28)9-10-22(17)36-24/h5-15H,3-4H2,1-2H3. The van der Waals surface area contributed by atoms with Crippen molar-refractivity contribution in [3.8, 4) is 23.1 Å². The highest BCUT2D eigenvalue weighted by Crippen LogP contribution is 2.34. The van der Waals surface area contributed by atoms with Gasteiger partial charge in [-0.25, -0.2) is 4.98 Å². The van der Waals surface area contributed by atoms with Crippen molar-refractivity contribution in [2.45, 2.75) is 13.8 Å². The quantitative estimate of drug-likeness (QED) is 0.150. The first-order valence-corrected chi connectivity index (χ1v) is 12.8. The number of nitrogens with zero attached hydrogens (tertiary/aromatic N) is 3. The lowest BCUT2D eigenvalue weighted by Gasteiger charge is -2.13. The first-order valence-electron chi connectivity index (χ1n) is 11.3. The molecule has 0 fully saturated rings. The maximum atomic E-state index is 13.5. The first kappa shape index (κ1) is 24.3. The van der Waals surface area contributed by atoms with Crippen LogP contribution in [0.5, 0.6) is 11.5 Å².